The molecule has 1 aromatic heterocycles. The maximum atomic E-state index is 4.29. The third-order valence-electron chi connectivity index (χ3n) is 3.14. The summed E-state index contributed by atoms with van der Waals surface area (Å²) in [7, 11) is 4.17. The second-order valence-electron chi connectivity index (χ2n) is 4.01. The van der Waals surface area contributed by atoms with E-state index in [1.807, 2.05) is 17.9 Å². The Kier molecular flexibility index (Phi) is 2.56. The number of nitrogens with one attached hydrogen (secondary N) is 1. The van der Waals surface area contributed by atoms with E-state index in [1.165, 1.54) is 11.3 Å². The molecule has 4 heteroatoms. The second-order valence-corrected chi connectivity index (χ2v) is 4.01. The van der Waals surface area contributed by atoms with E-state index in [9.17, 15) is 0 Å². The third kappa shape index (κ3) is 1.55. The molecule has 0 aliphatic carbocycles. The quantitative estimate of drug-likeness (QED) is 0.698. The van der Waals surface area contributed by atoms with Crippen LogP contribution < -0.4 is 5.32 Å². The number of likely N-dealkylation sites (N-methyl/N-ethyl adjacent to an activating group) is 1. The summed E-state index contributed by atoms with van der Waals surface area (Å²) >= 11 is 0. The number of nitrogens with zero attached hydrogens (tertiary/aromatic N) is 3. The molecule has 1 aliphatic heterocycles. The molecule has 0 aromatic carbocycles. The minimum atomic E-state index is 0.484. The van der Waals surface area contributed by atoms with Crippen molar-refractivity contribution in [2.24, 2.45) is 7.05 Å². The minimum absolute atomic E-state index is 0.484. The molecule has 1 unspecified atom stereocenters. The van der Waals surface area contributed by atoms with Gasteiger partial charge < -0.3 is 5.32 Å². The highest BCUT2D eigenvalue weighted by molar-refractivity contribution is 5.21. The van der Waals surface area contributed by atoms with Gasteiger partial charge in [0.15, 0.2) is 0 Å². The molecular weight excluding hydrogens is 176 g/mol. The molecule has 2 heterocycles. The van der Waals surface area contributed by atoms with Crippen LogP contribution in [0.3, 0.4) is 0 Å². The van der Waals surface area contributed by atoms with Crippen molar-refractivity contribution in [2.45, 2.75) is 13.0 Å². The number of hydrogen-bond acceptors (Lipinski definition) is 3. The fourth-order valence-electron chi connectivity index (χ4n) is 2.00. The Morgan fingerprint density at radius 1 is 1.50 bits per heavy atom. The number of rotatable bonds is 1. The lowest BCUT2D eigenvalue weighted by molar-refractivity contribution is 0.201. The standard InChI is InChI=1S/C10H18N4/c1-8-9(6-12-14(8)3)10-7-11-4-5-13(10)2/h6,10-11H,4-5,7H2,1-3H3. The zero-order valence-corrected chi connectivity index (χ0v) is 9.12. The Morgan fingerprint density at radius 2 is 2.29 bits per heavy atom. The molecule has 1 aromatic rings. The van der Waals surface area contributed by atoms with Gasteiger partial charge in [-0.3, -0.25) is 9.58 Å². The Hall–Kier alpha value is -0.870. The Balaban J connectivity index is 2.24. The molecule has 1 saturated heterocycles. The molecule has 0 saturated carbocycles. The first-order chi connectivity index (χ1) is 6.70. The summed E-state index contributed by atoms with van der Waals surface area (Å²) in [5.41, 5.74) is 2.62. The van der Waals surface area contributed by atoms with Gasteiger partial charge >= 0.3 is 0 Å². The number of aryl methyl sites for hydroxylation is 1. The van der Waals surface area contributed by atoms with Crippen LogP contribution in [0.5, 0.6) is 0 Å². The van der Waals surface area contributed by atoms with Crippen molar-refractivity contribution in [2.75, 3.05) is 26.7 Å². The van der Waals surface area contributed by atoms with E-state index < -0.39 is 0 Å². The van der Waals surface area contributed by atoms with E-state index in [2.05, 4.69) is 29.3 Å². The first-order valence-electron chi connectivity index (χ1n) is 5.09. The molecule has 78 valence electrons. The van der Waals surface area contributed by atoms with E-state index in [0.29, 0.717) is 6.04 Å². The molecule has 1 aliphatic rings. The smallest absolute Gasteiger partial charge is 0.0540 e. The van der Waals surface area contributed by atoms with Crippen molar-refractivity contribution in [3.05, 3.63) is 17.5 Å². The normalized spacial score (nSPS) is 24.1. The van der Waals surface area contributed by atoms with Crippen LogP contribution in [0.1, 0.15) is 17.3 Å². The largest absolute Gasteiger partial charge is 0.314 e. The highest BCUT2D eigenvalue weighted by atomic mass is 15.3. The topological polar surface area (TPSA) is 33.1 Å². The number of aromatic nitrogens is 2. The maximum absolute atomic E-state index is 4.29. The molecule has 1 fully saturated rings. The van der Waals surface area contributed by atoms with Gasteiger partial charge in [0.25, 0.3) is 0 Å². The van der Waals surface area contributed by atoms with Gasteiger partial charge in [-0.1, -0.05) is 0 Å². The molecular formula is C10H18N4. The summed E-state index contributed by atoms with van der Waals surface area (Å²) in [4.78, 5) is 2.39. The second kappa shape index (κ2) is 3.71. The molecule has 2 rings (SSSR count). The highest BCUT2D eigenvalue weighted by Gasteiger charge is 2.23. The van der Waals surface area contributed by atoms with Crippen molar-refractivity contribution in [1.82, 2.24) is 20.0 Å². The fourth-order valence-corrected chi connectivity index (χ4v) is 2.00. The zero-order chi connectivity index (χ0) is 10.1. The van der Waals surface area contributed by atoms with E-state index in [1.54, 1.807) is 0 Å². The lowest BCUT2D eigenvalue weighted by Crippen LogP contribution is -2.43. The van der Waals surface area contributed by atoms with Crippen molar-refractivity contribution in [3.8, 4) is 0 Å². The van der Waals surface area contributed by atoms with Crippen LogP contribution in [-0.4, -0.2) is 41.4 Å². The van der Waals surface area contributed by atoms with E-state index in [4.69, 9.17) is 0 Å². The Labute approximate surface area is 84.9 Å². The average Bonchev–Trinajstić information content (AvgIpc) is 2.49. The van der Waals surface area contributed by atoms with Gasteiger partial charge in [0.1, 0.15) is 0 Å². The summed E-state index contributed by atoms with van der Waals surface area (Å²) in [6.07, 6.45) is 1.99. The molecule has 0 bridgehead atoms. The van der Waals surface area contributed by atoms with Gasteiger partial charge in [-0.2, -0.15) is 5.10 Å². The predicted octanol–water partition coefficient (Wildman–Crippen LogP) is 0.305. The lowest BCUT2D eigenvalue weighted by atomic mass is 10.1. The van der Waals surface area contributed by atoms with Crippen LogP contribution in [0, 0.1) is 6.92 Å². The van der Waals surface area contributed by atoms with Gasteiger partial charge in [0.2, 0.25) is 0 Å². The van der Waals surface area contributed by atoms with Gasteiger partial charge in [-0.15, -0.1) is 0 Å². The van der Waals surface area contributed by atoms with Crippen LogP contribution in [0.4, 0.5) is 0 Å². The Morgan fingerprint density at radius 3 is 2.86 bits per heavy atom. The van der Waals surface area contributed by atoms with E-state index in [0.717, 1.165) is 19.6 Å². The van der Waals surface area contributed by atoms with E-state index >= 15 is 0 Å². The molecule has 4 nitrogen and oxygen atoms in total. The van der Waals surface area contributed by atoms with Gasteiger partial charge in [0.05, 0.1) is 12.2 Å². The van der Waals surface area contributed by atoms with Crippen LogP contribution >= 0.6 is 0 Å². The summed E-state index contributed by atoms with van der Waals surface area (Å²) < 4.78 is 1.94. The van der Waals surface area contributed by atoms with Gasteiger partial charge in [0, 0.05) is 37.9 Å². The first-order valence-corrected chi connectivity index (χ1v) is 5.09. The van der Waals surface area contributed by atoms with Crippen LogP contribution in [0.25, 0.3) is 0 Å². The molecule has 14 heavy (non-hydrogen) atoms. The minimum Gasteiger partial charge on any atom is -0.314 e. The average molecular weight is 194 g/mol. The van der Waals surface area contributed by atoms with Crippen LogP contribution in [0.15, 0.2) is 6.20 Å². The summed E-state index contributed by atoms with van der Waals surface area (Å²) in [6.45, 7) is 5.36. The highest BCUT2D eigenvalue weighted by Crippen LogP contribution is 2.22. The van der Waals surface area contributed by atoms with Crippen LogP contribution in [-0.2, 0) is 7.05 Å². The van der Waals surface area contributed by atoms with Crippen molar-refractivity contribution in [1.29, 1.82) is 0 Å². The third-order valence-corrected chi connectivity index (χ3v) is 3.14. The van der Waals surface area contributed by atoms with Crippen molar-refractivity contribution >= 4 is 0 Å². The Bertz CT molecular complexity index is 318. The first kappa shape index (κ1) is 9.68. The van der Waals surface area contributed by atoms with Crippen molar-refractivity contribution < 1.29 is 0 Å². The summed E-state index contributed by atoms with van der Waals surface area (Å²) in [6, 6.07) is 0.484. The summed E-state index contributed by atoms with van der Waals surface area (Å²) in [5.74, 6) is 0. The number of piperazine rings is 1. The van der Waals surface area contributed by atoms with Gasteiger partial charge in [-0.05, 0) is 14.0 Å². The fraction of sp³-hybridized carbons (Fsp3) is 0.700. The molecule has 1 atom stereocenters. The predicted molar refractivity (Wildman–Crippen MR) is 56.2 cm³/mol. The van der Waals surface area contributed by atoms with Gasteiger partial charge in [-0.25, -0.2) is 0 Å². The molecule has 0 amide bonds. The van der Waals surface area contributed by atoms with Crippen molar-refractivity contribution in [3.63, 3.8) is 0 Å². The monoisotopic (exact) mass is 194 g/mol. The molecule has 1 N–H and O–H groups in total. The van der Waals surface area contributed by atoms with E-state index in [-0.39, 0.29) is 0 Å². The SMILES string of the molecule is Cc1c(C2CNCCN2C)cnn1C. The molecule has 0 radical (unpaired) electrons. The summed E-state index contributed by atoms with van der Waals surface area (Å²) in [5, 5.41) is 7.71. The lowest BCUT2D eigenvalue weighted by Gasteiger charge is -2.32. The number of hydrogen-bond donors (Lipinski definition) is 1. The molecule has 0 spiro atoms. The van der Waals surface area contributed by atoms with Crippen LogP contribution in [0.2, 0.25) is 0 Å². The zero-order valence-electron chi connectivity index (χ0n) is 9.12. The maximum Gasteiger partial charge on any atom is 0.0540 e.